The number of aryl methyl sites for hydroxylation is 1. The molecule has 0 N–H and O–H groups in total. The van der Waals surface area contributed by atoms with Crippen LogP contribution >= 0.6 is 0 Å². The second-order valence-corrected chi connectivity index (χ2v) is 4.75. The highest BCUT2D eigenvalue weighted by molar-refractivity contribution is 5.85. The zero-order valence-corrected chi connectivity index (χ0v) is 12.2. The number of hydrogen-bond donors (Lipinski definition) is 0. The molecule has 0 heterocycles. The highest BCUT2D eigenvalue weighted by Crippen LogP contribution is 2.27. The van der Waals surface area contributed by atoms with E-state index in [4.69, 9.17) is 4.74 Å². The molecule has 1 aromatic carbocycles. The van der Waals surface area contributed by atoms with Gasteiger partial charge in [0.25, 0.3) is 0 Å². The molecule has 0 amide bonds. The molecule has 0 spiro atoms. The first-order valence-electron chi connectivity index (χ1n) is 6.83. The van der Waals surface area contributed by atoms with E-state index in [2.05, 4.69) is 6.92 Å². The molecule has 1 unspecified atom stereocenters. The van der Waals surface area contributed by atoms with E-state index in [9.17, 15) is 9.59 Å². The zero-order chi connectivity index (χ0) is 14.4. The van der Waals surface area contributed by atoms with Gasteiger partial charge in [0.15, 0.2) is 0 Å². The highest BCUT2D eigenvalue weighted by atomic mass is 16.5. The summed E-state index contributed by atoms with van der Waals surface area (Å²) in [5.41, 5.74) is 2.14. The molecule has 0 aliphatic carbocycles. The number of ketones is 1. The maximum atomic E-state index is 11.8. The molecule has 0 saturated carbocycles. The Kier molecular flexibility index (Phi) is 5.74. The number of rotatable bonds is 6. The Bertz CT molecular complexity index is 463. The Morgan fingerprint density at radius 2 is 1.95 bits per heavy atom. The van der Waals surface area contributed by atoms with Crippen molar-refractivity contribution >= 4 is 11.8 Å². The molecule has 104 valence electrons. The van der Waals surface area contributed by atoms with Gasteiger partial charge in [-0.05, 0) is 29.7 Å². The van der Waals surface area contributed by atoms with Gasteiger partial charge < -0.3 is 4.74 Å². The number of esters is 1. The molecule has 1 atom stereocenters. The van der Waals surface area contributed by atoms with Crippen LogP contribution in [0.2, 0.25) is 0 Å². The lowest BCUT2D eigenvalue weighted by Crippen LogP contribution is -2.11. The minimum absolute atomic E-state index is 0.0991. The summed E-state index contributed by atoms with van der Waals surface area (Å²) >= 11 is 0. The monoisotopic (exact) mass is 262 g/mol. The van der Waals surface area contributed by atoms with Crippen LogP contribution in [0.25, 0.3) is 0 Å². The number of hydrogen-bond acceptors (Lipinski definition) is 3. The SMILES string of the molecule is CCCc1cc(OC(C)=O)ccc1C(C)C(=O)CC. The Balaban J connectivity index is 3.10. The van der Waals surface area contributed by atoms with Gasteiger partial charge in [-0.1, -0.05) is 33.3 Å². The molecule has 1 rings (SSSR count). The van der Waals surface area contributed by atoms with Gasteiger partial charge in [0.05, 0.1) is 0 Å². The lowest BCUT2D eigenvalue weighted by Gasteiger charge is -2.16. The van der Waals surface area contributed by atoms with Crippen LogP contribution in [0, 0.1) is 0 Å². The largest absolute Gasteiger partial charge is 0.427 e. The van der Waals surface area contributed by atoms with Crippen LogP contribution in [0.3, 0.4) is 0 Å². The molecular weight excluding hydrogens is 240 g/mol. The first kappa shape index (κ1) is 15.4. The molecule has 1 aromatic rings. The molecular formula is C16H22O3. The maximum absolute atomic E-state index is 11.8. The van der Waals surface area contributed by atoms with Gasteiger partial charge in [-0.2, -0.15) is 0 Å². The van der Waals surface area contributed by atoms with E-state index >= 15 is 0 Å². The summed E-state index contributed by atoms with van der Waals surface area (Å²) < 4.78 is 5.10. The molecule has 19 heavy (non-hydrogen) atoms. The molecule has 0 aliphatic heterocycles. The Labute approximate surface area is 115 Å². The van der Waals surface area contributed by atoms with Crippen LogP contribution < -0.4 is 4.74 Å². The third-order valence-electron chi connectivity index (χ3n) is 3.19. The van der Waals surface area contributed by atoms with Gasteiger partial charge >= 0.3 is 5.97 Å². The van der Waals surface area contributed by atoms with E-state index in [1.54, 1.807) is 6.07 Å². The number of Topliss-reactive ketones (excluding diaryl/α,β-unsaturated/α-hetero) is 1. The van der Waals surface area contributed by atoms with E-state index in [-0.39, 0.29) is 17.7 Å². The number of carbonyl (C=O) groups excluding carboxylic acids is 2. The van der Waals surface area contributed by atoms with Crippen LogP contribution in [-0.4, -0.2) is 11.8 Å². The van der Waals surface area contributed by atoms with Crippen molar-refractivity contribution in [2.24, 2.45) is 0 Å². The lowest BCUT2D eigenvalue weighted by molar-refractivity contribution is -0.131. The van der Waals surface area contributed by atoms with Crippen LogP contribution in [-0.2, 0) is 16.0 Å². The van der Waals surface area contributed by atoms with Crippen molar-refractivity contribution in [3.8, 4) is 5.75 Å². The van der Waals surface area contributed by atoms with Crippen molar-refractivity contribution in [3.63, 3.8) is 0 Å². The van der Waals surface area contributed by atoms with Crippen LogP contribution in [0.1, 0.15) is 57.6 Å². The van der Waals surface area contributed by atoms with E-state index in [1.165, 1.54) is 6.92 Å². The number of ether oxygens (including phenoxy) is 1. The van der Waals surface area contributed by atoms with Crippen molar-refractivity contribution in [1.29, 1.82) is 0 Å². The Morgan fingerprint density at radius 1 is 1.26 bits per heavy atom. The second-order valence-electron chi connectivity index (χ2n) is 4.75. The summed E-state index contributed by atoms with van der Waals surface area (Å²) in [6, 6.07) is 5.54. The normalized spacial score (nSPS) is 12.0. The minimum atomic E-state index is -0.326. The van der Waals surface area contributed by atoms with Crippen LogP contribution in [0.5, 0.6) is 5.75 Å². The maximum Gasteiger partial charge on any atom is 0.308 e. The van der Waals surface area contributed by atoms with Gasteiger partial charge in [-0.15, -0.1) is 0 Å². The van der Waals surface area contributed by atoms with Crippen molar-refractivity contribution in [1.82, 2.24) is 0 Å². The van der Waals surface area contributed by atoms with Crippen molar-refractivity contribution in [2.45, 2.75) is 52.9 Å². The van der Waals surface area contributed by atoms with Gasteiger partial charge in [0.1, 0.15) is 11.5 Å². The van der Waals surface area contributed by atoms with E-state index in [0.29, 0.717) is 12.2 Å². The quantitative estimate of drug-likeness (QED) is 0.580. The summed E-state index contributed by atoms with van der Waals surface area (Å²) in [4.78, 5) is 22.8. The Hall–Kier alpha value is -1.64. The van der Waals surface area contributed by atoms with E-state index < -0.39 is 0 Å². The van der Waals surface area contributed by atoms with Crippen LogP contribution in [0.15, 0.2) is 18.2 Å². The highest BCUT2D eigenvalue weighted by Gasteiger charge is 2.17. The van der Waals surface area contributed by atoms with Gasteiger partial charge in [-0.25, -0.2) is 0 Å². The molecule has 0 fully saturated rings. The fourth-order valence-electron chi connectivity index (χ4n) is 2.20. The van der Waals surface area contributed by atoms with E-state index in [0.717, 1.165) is 24.0 Å². The molecule has 3 heteroatoms. The smallest absolute Gasteiger partial charge is 0.308 e. The van der Waals surface area contributed by atoms with Crippen LogP contribution in [0.4, 0.5) is 0 Å². The zero-order valence-electron chi connectivity index (χ0n) is 12.2. The predicted octanol–water partition coefficient (Wildman–Crippen LogP) is 3.65. The summed E-state index contributed by atoms with van der Waals surface area (Å²) in [7, 11) is 0. The first-order chi connectivity index (χ1) is 8.99. The van der Waals surface area contributed by atoms with Crippen molar-refractivity contribution in [2.75, 3.05) is 0 Å². The third-order valence-corrected chi connectivity index (χ3v) is 3.19. The second kappa shape index (κ2) is 7.07. The minimum Gasteiger partial charge on any atom is -0.427 e. The molecule has 0 radical (unpaired) electrons. The molecule has 0 saturated heterocycles. The number of carbonyl (C=O) groups is 2. The molecule has 0 aromatic heterocycles. The Morgan fingerprint density at radius 3 is 2.47 bits per heavy atom. The predicted molar refractivity (Wildman–Crippen MR) is 75.5 cm³/mol. The fourth-order valence-corrected chi connectivity index (χ4v) is 2.20. The number of benzene rings is 1. The molecule has 3 nitrogen and oxygen atoms in total. The van der Waals surface area contributed by atoms with Gasteiger partial charge in [0.2, 0.25) is 0 Å². The average Bonchev–Trinajstić information content (AvgIpc) is 2.37. The molecule has 0 aliphatic rings. The van der Waals surface area contributed by atoms with E-state index in [1.807, 2.05) is 26.0 Å². The van der Waals surface area contributed by atoms with Crippen molar-refractivity contribution < 1.29 is 14.3 Å². The first-order valence-corrected chi connectivity index (χ1v) is 6.83. The van der Waals surface area contributed by atoms with Crippen molar-refractivity contribution in [3.05, 3.63) is 29.3 Å². The lowest BCUT2D eigenvalue weighted by atomic mass is 9.89. The van der Waals surface area contributed by atoms with Gasteiger partial charge in [-0.3, -0.25) is 9.59 Å². The summed E-state index contributed by atoms with van der Waals surface area (Å²) in [6.07, 6.45) is 2.41. The summed E-state index contributed by atoms with van der Waals surface area (Å²) in [6.45, 7) is 7.29. The van der Waals surface area contributed by atoms with Gasteiger partial charge in [0, 0.05) is 19.3 Å². The third kappa shape index (κ3) is 4.19. The standard InChI is InChI=1S/C16H22O3/c1-5-7-13-10-14(19-12(4)17)8-9-15(13)11(3)16(18)6-2/h8-11H,5-7H2,1-4H3. The topological polar surface area (TPSA) is 43.4 Å². The summed E-state index contributed by atoms with van der Waals surface area (Å²) in [5, 5.41) is 0. The average molecular weight is 262 g/mol. The molecule has 0 bridgehead atoms. The fraction of sp³-hybridized carbons (Fsp3) is 0.500. The summed E-state index contributed by atoms with van der Waals surface area (Å²) in [5.74, 6) is 0.360.